The number of hydrogen-bond acceptors (Lipinski definition) is 7. The lowest BCUT2D eigenvalue weighted by atomic mass is 9.91. The zero-order valence-electron chi connectivity index (χ0n) is 17.5. The summed E-state index contributed by atoms with van der Waals surface area (Å²) in [6, 6.07) is 3.36. The fraction of sp³-hybridized carbons (Fsp3) is 0.524. The third-order valence-corrected chi connectivity index (χ3v) is 5.84. The molecule has 0 aromatic carbocycles. The van der Waals surface area contributed by atoms with Crippen LogP contribution < -0.4 is 14.9 Å². The van der Waals surface area contributed by atoms with Gasteiger partial charge in [0, 0.05) is 19.2 Å². The molecule has 0 bridgehead atoms. The van der Waals surface area contributed by atoms with Gasteiger partial charge in [-0.25, -0.2) is 9.97 Å². The summed E-state index contributed by atoms with van der Waals surface area (Å²) in [5.41, 5.74) is 0.0448. The number of anilines is 2. The summed E-state index contributed by atoms with van der Waals surface area (Å²) < 4.78 is 6.09. The Balaban J connectivity index is 1.67. The summed E-state index contributed by atoms with van der Waals surface area (Å²) in [5, 5.41) is 25.5. The van der Waals surface area contributed by atoms with Crippen molar-refractivity contribution in [3.63, 3.8) is 0 Å². The Bertz CT molecular complexity index is 951. The Labute approximate surface area is 175 Å². The number of amides is 1. The Morgan fingerprint density at radius 3 is 2.67 bits per heavy atom. The van der Waals surface area contributed by atoms with Crippen molar-refractivity contribution in [3.8, 4) is 11.3 Å². The largest absolute Gasteiger partial charge is 0.618 e. The van der Waals surface area contributed by atoms with Gasteiger partial charge in [-0.2, -0.15) is 4.73 Å². The van der Waals surface area contributed by atoms with Crippen LogP contribution in [0.15, 0.2) is 24.5 Å². The normalized spacial score (nSPS) is 21.9. The standard InChI is InChI=1S/C21H27N5O4/c1-21(2,28)17-9-4-13(12-25(17)29)16-10-22-19-20(24-16)26(18(27)11-23-19)14-5-7-15(30-3)8-6-14/h4,9-10,12,14-15,28H,5-8,11H2,1-3H3,(H,22,23)/t14-,15+. The van der Waals surface area contributed by atoms with E-state index in [2.05, 4.69) is 10.3 Å². The number of hydrogen-bond donors (Lipinski definition) is 2. The molecule has 0 saturated heterocycles. The van der Waals surface area contributed by atoms with Gasteiger partial charge < -0.3 is 20.4 Å². The van der Waals surface area contributed by atoms with Crippen LogP contribution in [0.25, 0.3) is 11.3 Å². The molecule has 1 aliphatic heterocycles. The maximum absolute atomic E-state index is 12.7. The van der Waals surface area contributed by atoms with Gasteiger partial charge in [-0.05, 0) is 45.6 Å². The molecule has 160 valence electrons. The molecule has 0 atom stereocenters. The Hall–Kier alpha value is -2.78. The highest BCUT2D eigenvalue weighted by molar-refractivity contribution is 6.01. The second kappa shape index (κ2) is 7.81. The van der Waals surface area contributed by atoms with Crippen LogP contribution in [0.1, 0.15) is 45.2 Å². The second-order valence-electron chi connectivity index (χ2n) is 8.40. The summed E-state index contributed by atoms with van der Waals surface area (Å²) in [6.45, 7) is 3.30. The first-order chi connectivity index (χ1) is 14.3. The first kappa shape index (κ1) is 20.5. The molecule has 4 rings (SSSR count). The van der Waals surface area contributed by atoms with Crippen LogP contribution in [0.2, 0.25) is 0 Å². The summed E-state index contributed by atoms with van der Waals surface area (Å²) >= 11 is 0. The molecular weight excluding hydrogens is 386 g/mol. The lowest BCUT2D eigenvalue weighted by Crippen LogP contribution is -2.49. The topological polar surface area (TPSA) is 115 Å². The molecule has 9 heteroatoms. The van der Waals surface area contributed by atoms with E-state index >= 15 is 0 Å². The van der Waals surface area contributed by atoms with Crippen molar-refractivity contribution in [2.45, 2.75) is 57.3 Å². The number of methoxy groups -OCH3 is 1. The Morgan fingerprint density at radius 2 is 2.03 bits per heavy atom. The van der Waals surface area contributed by atoms with Crippen LogP contribution >= 0.6 is 0 Å². The number of aromatic nitrogens is 3. The zero-order chi connectivity index (χ0) is 21.5. The molecule has 30 heavy (non-hydrogen) atoms. The molecule has 0 spiro atoms. The van der Waals surface area contributed by atoms with E-state index in [4.69, 9.17) is 9.72 Å². The lowest BCUT2D eigenvalue weighted by Gasteiger charge is -2.38. The van der Waals surface area contributed by atoms with Crippen LogP contribution in [-0.2, 0) is 15.1 Å². The average Bonchev–Trinajstić information content (AvgIpc) is 2.72. The molecule has 1 amide bonds. The van der Waals surface area contributed by atoms with Crippen molar-refractivity contribution in [3.05, 3.63) is 35.4 Å². The maximum Gasteiger partial charge on any atom is 0.247 e. The van der Waals surface area contributed by atoms with Gasteiger partial charge in [-0.3, -0.25) is 9.69 Å². The average molecular weight is 413 g/mol. The maximum atomic E-state index is 12.7. The van der Waals surface area contributed by atoms with Crippen LogP contribution in [0.5, 0.6) is 0 Å². The molecule has 2 aromatic rings. The third kappa shape index (κ3) is 3.82. The van der Waals surface area contributed by atoms with Crippen molar-refractivity contribution in [2.75, 3.05) is 23.9 Å². The van der Waals surface area contributed by atoms with E-state index in [0.29, 0.717) is 27.6 Å². The van der Waals surface area contributed by atoms with Crippen LogP contribution in [0, 0.1) is 5.21 Å². The van der Waals surface area contributed by atoms with Gasteiger partial charge in [-0.1, -0.05) is 0 Å². The number of carbonyl (C=O) groups is 1. The summed E-state index contributed by atoms with van der Waals surface area (Å²) in [7, 11) is 1.72. The molecule has 9 nitrogen and oxygen atoms in total. The van der Waals surface area contributed by atoms with Gasteiger partial charge >= 0.3 is 0 Å². The Morgan fingerprint density at radius 1 is 1.30 bits per heavy atom. The highest BCUT2D eigenvalue weighted by atomic mass is 16.5. The molecule has 2 aromatic heterocycles. The van der Waals surface area contributed by atoms with E-state index in [1.807, 2.05) is 0 Å². The minimum absolute atomic E-state index is 0.0360. The minimum atomic E-state index is -1.25. The molecule has 2 N–H and O–H groups in total. The Kier molecular flexibility index (Phi) is 5.33. The number of ether oxygens (including phenoxy) is 1. The van der Waals surface area contributed by atoms with Crippen molar-refractivity contribution in [1.29, 1.82) is 0 Å². The highest BCUT2D eigenvalue weighted by Gasteiger charge is 2.35. The second-order valence-corrected chi connectivity index (χ2v) is 8.40. The third-order valence-electron chi connectivity index (χ3n) is 5.84. The van der Waals surface area contributed by atoms with Crippen LogP contribution in [0.4, 0.5) is 11.6 Å². The predicted molar refractivity (Wildman–Crippen MR) is 111 cm³/mol. The number of pyridine rings is 1. The molecule has 0 unspecified atom stereocenters. The van der Waals surface area contributed by atoms with E-state index in [-0.39, 0.29) is 30.3 Å². The van der Waals surface area contributed by atoms with E-state index < -0.39 is 5.60 Å². The van der Waals surface area contributed by atoms with E-state index in [0.717, 1.165) is 25.7 Å². The van der Waals surface area contributed by atoms with Crippen molar-refractivity contribution < 1.29 is 19.4 Å². The molecule has 1 fully saturated rings. The van der Waals surface area contributed by atoms with Crippen LogP contribution in [0.3, 0.4) is 0 Å². The fourth-order valence-corrected chi connectivity index (χ4v) is 4.20. The van der Waals surface area contributed by atoms with Crippen molar-refractivity contribution in [2.24, 2.45) is 0 Å². The SMILES string of the molecule is CO[C@H]1CC[C@@H](N2C(=O)CNc3ncc(-c4ccc(C(C)(C)O)[n+]([O-])c4)nc32)CC1. The molecule has 0 radical (unpaired) electrons. The number of nitrogens with one attached hydrogen (secondary N) is 1. The van der Waals surface area contributed by atoms with Gasteiger partial charge in [0.15, 0.2) is 17.8 Å². The quantitative estimate of drug-likeness (QED) is 0.579. The van der Waals surface area contributed by atoms with E-state index in [1.165, 1.54) is 6.20 Å². The monoisotopic (exact) mass is 413 g/mol. The summed E-state index contributed by atoms with van der Waals surface area (Å²) in [5.74, 6) is 1.02. The van der Waals surface area contributed by atoms with Gasteiger partial charge in [0.05, 0.1) is 30.1 Å². The van der Waals surface area contributed by atoms with Gasteiger partial charge in [0.2, 0.25) is 11.6 Å². The molecule has 1 aliphatic carbocycles. The van der Waals surface area contributed by atoms with Gasteiger partial charge in [-0.15, -0.1) is 0 Å². The predicted octanol–water partition coefficient (Wildman–Crippen LogP) is 1.72. The molecule has 1 saturated carbocycles. The summed E-state index contributed by atoms with van der Waals surface area (Å²) in [6.07, 6.45) is 6.67. The number of carbonyl (C=O) groups excluding carboxylic acids is 1. The highest BCUT2D eigenvalue weighted by Crippen LogP contribution is 2.34. The minimum Gasteiger partial charge on any atom is -0.618 e. The zero-order valence-corrected chi connectivity index (χ0v) is 17.5. The van der Waals surface area contributed by atoms with Crippen molar-refractivity contribution >= 4 is 17.5 Å². The lowest BCUT2D eigenvalue weighted by molar-refractivity contribution is -0.621. The van der Waals surface area contributed by atoms with Gasteiger partial charge in [0.25, 0.3) is 0 Å². The van der Waals surface area contributed by atoms with E-state index in [1.54, 1.807) is 44.2 Å². The number of fused-ring (bicyclic) bond motifs is 1. The van der Waals surface area contributed by atoms with E-state index in [9.17, 15) is 15.1 Å². The smallest absolute Gasteiger partial charge is 0.247 e. The number of rotatable bonds is 4. The van der Waals surface area contributed by atoms with Crippen molar-refractivity contribution in [1.82, 2.24) is 9.97 Å². The summed E-state index contributed by atoms with van der Waals surface area (Å²) in [4.78, 5) is 23.7. The number of aliphatic hydroxyl groups is 1. The van der Waals surface area contributed by atoms with Gasteiger partial charge in [0.1, 0.15) is 5.60 Å². The molecule has 2 aliphatic rings. The fourth-order valence-electron chi connectivity index (χ4n) is 4.20. The first-order valence-corrected chi connectivity index (χ1v) is 10.2. The number of nitrogens with zero attached hydrogens (tertiary/aromatic N) is 4. The molecular formula is C21H27N5O4. The molecule has 3 heterocycles. The van der Waals surface area contributed by atoms with Crippen LogP contribution in [-0.4, -0.2) is 46.8 Å². The first-order valence-electron chi connectivity index (χ1n) is 10.2.